The van der Waals surface area contributed by atoms with Gasteiger partial charge in [-0.05, 0) is 24.7 Å². The van der Waals surface area contributed by atoms with Crippen molar-refractivity contribution < 1.29 is 0 Å². The average Bonchev–Trinajstić information content (AvgIpc) is 2.88. The monoisotopic (exact) mass is 420 g/mol. The average molecular weight is 420 g/mol. The molecule has 1 aliphatic rings. The van der Waals surface area contributed by atoms with Gasteiger partial charge in [0.2, 0.25) is 0 Å². The summed E-state index contributed by atoms with van der Waals surface area (Å²) >= 11 is 0. The Morgan fingerprint density at radius 3 is 2.86 bits per heavy atom. The molecule has 7 heteroatoms. The number of aromatic nitrogens is 3. The van der Waals surface area contributed by atoms with Crippen LogP contribution in [0.2, 0.25) is 0 Å². The first-order chi connectivity index (χ1) is 10.2. The van der Waals surface area contributed by atoms with Crippen molar-refractivity contribution in [3.63, 3.8) is 0 Å². The molecule has 2 atom stereocenters. The van der Waals surface area contributed by atoms with Crippen LogP contribution in [0.4, 0.5) is 0 Å². The summed E-state index contributed by atoms with van der Waals surface area (Å²) in [5, 5.41) is 14.6. The summed E-state index contributed by atoms with van der Waals surface area (Å²) in [6.07, 6.45) is 8.51. The highest BCUT2D eigenvalue weighted by molar-refractivity contribution is 14.0. The molecule has 6 nitrogen and oxygen atoms in total. The van der Waals surface area contributed by atoms with Gasteiger partial charge >= 0.3 is 0 Å². The van der Waals surface area contributed by atoms with E-state index in [1.54, 1.807) is 13.4 Å². The van der Waals surface area contributed by atoms with Crippen molar-refractivity contribution in [1.82, 2.24) is 25.4 Å². The van der Waals surface area contributed by atoms with E-state index in [1.807, 2.05) is 11.6 Å². The third kappa shape index (κ3) is 6.10. The second kappa shape index (κ2) is 10.0. The molecule has 2 unspecified atom stereocenters. The Bertz CT molecular complexity index is 459. The Labute approximate surface area is 150 Å². The zero-order valence-corrected chi connectivity index (χ0v) is 16.2. The van der Waals surface area contributed by atoms with E-state index in [1.165, 1.54) is 32.1 Å². The number of aliphatic imine (C=N–C) groups is 1. The molecular weight excluding hydrogens is 391 g/mol. The summed E-state index contributed by atoms with van der Waals surface area (Å²) in [5.74, 6) is 3.51. The number of nitrogens with one attached hydrogen (secondary N) is 2. The maximum absolute atomic E-state index is 4.25. The van der Waals surface area contributed by atoms with Crippen LogP contribution in [0.25, 0.3) is 0 Å². The number of rotatable bonds is 5. The lowest BCUT2D eigenvalue weighted by Gasteiger charge is -2.26. The molecule has 0 aromatic carbocycles. The number of hydrogen-bond acceptors (Lipinski definition) is 3. The van der Waals surface area contributed by atoms with Crippen LogP contribution in [0.5, 0.6) is 0 Å². The summed E-state index contributed by atoms with van der Waals surface area (Å²) in [6, 6.07) is 0. The summed E-state index contributed by atoms with van der Waals surface area (Å²) in [7, 11) is 3.74. The normalized spacial score (nSPS) is 22.0. The first-order valence-electron chi connectivity index (χ1n) is 7.96. The van der Waals surface area contributed by atoms with Gasteiger partial charge in [-0.15, -0.1) is 34.2 Å². The molecule has 0 bridgehead atoms. The van der Waals surface area contributed by atoms with Crippen LogP contribution in [-0.4, -0.2) is 34.3 Å². The first kappa shape index (κ1) is 19.2. The molecule has 1 aromatic rings. The molecule has 1 aliphatic carbocycles. The predicted octanol–water partition coefficient (Wildman–Crippen LogP) is 2.31. The minimum atomic E-state index is 0. The fourth-order valence-electron chi connectivity index (χ4n) is 3.07. The van der Waals surface area contributed by atoms with Crippen LogP contribution in [0.3, 0.4) is 0 Å². The quantitative estimate of drug-likeness (QED) is 0.436. The SMILES string of the molecule is CN=C(NCCC1CCCC(C)C1)NCc1nncn1C.I. The number of halogens is 1. The van der Waals surface area contributed by atoms with Crippen molar-refractivity contribution in [2.45, 2.75) is 45.6 Å². The van der Waals surface area contributed by atoms with Gasteiger partial charge in [0, 0.05) is 20.6 Å². The number of hydrogen-bond donors (Lipinski definition) is 2. The number of guanidine groups is 1. The van der Waals surface area contributed by atoms with E-state index < -0.39 is 0 Å². The van der Waals surface area contributed by atoms with Crippen molar-refractivity contribution >= 4 is 29.9 Å². The van der Waals surface area contributed by atoms with Gasteiger partial charge in [0.1, 0.15) is 6.33 Å². The smallest absolute Gasteiger partial charge is 0.191 e. The third-order valence-electron chi connectivity index (χ3n) is 4.33. The lowest BCUT2D eigenvalue weighted by molar-refractivity contribution is 0.270. The van der Waals surface area contributed by atoms with Crippen molar-refractivity contribution in [2.24, 2.45) is 23.9 Å². The highest BCUT2D eigenvalue weighted by atomic mass is 127. The van der Waals surface area contributed by atoms with E-state index in [2.05, 4.69) is 32.7 Å². The fourth-order valence-corrected chi connectivity index (χ4v) is 3.07. The lowest BCUT2D eigenvalue weighted by atomic mass is 9.81. The van der Waals surface area contributed by atoms with Crippen LogP contribution in [0.15, 0.2) is 11.3 Å². The molecule has 2 rings (SSSR count). The maximum atomic E-state index is 4.25. The molecule has 0 spiro atoms. The topological polar surface area (TPSA) is 67.1 Å². The molecule has 1 aromatic heterocycles. The van der Waals surface area contributed by atoms with Gasteiger partial charge in [0.25, 0.3) is 0 Å². The van der Waals surface area contributed by atoms with Crippen LogP contribution in [0.1, 0.15) is 44.9 Å². The van der Waals surface area contributed by atoms with Crippen LogP contribution >= 0.6 is 24.0 Å². The Hall–Kier alpha value is -0.860. The number of nitrogens with zero attached hydrogens (tertiary/aromatic N) is 4. The summed E-state index contributed by atoms with van der Waals surface area (Å²) in [6.45, 7) is 3.99. The van der Waals surface area contributed by atoms with Gasteiger partial charge in [0.15, 0.2) is 11.8 Å². The van der Waals surface area contributed by atoms with E-state index in [9.17, 15) is 0 Å². The lowest BCUT2D eigenvalue weighted by Crippen LogP contribution is -2.38. The Morgan fingerprint density at radius 2 is 2.23 bits per heavy atom. The molecule has 0 saturated heterocycles. The van der Waals surface area contributed by atoms with Crippen molar-refractivity contribution in [3.05, 3.63) is 12.2 Å². The minimum absolute atomic E-state index is 0. The van der Waals surface area contributed by atoms with Crippen LogP contribution < -0.4 is 10.6 Å². The molecule has 2 N–H and O–H groups in total. The summed E-state index contributed by atoms with van der Waals surface area (Å²) in [5.41, 5.74) is 0. The van der Waals surface area contributed by atoms with Crippen LogP contribution in [-0.2, 0) is 13.6 Å². The highest BCUT2D eigenvalue weighted by Crippen LogP contribution is 2.30. The van der Waals surface area contributed by atoms with Gasteiger partial charge in [0.05, 0.1) is 6.54 Å². The van der Waals surface area contributed by atoms with E-state index in [4.69, 9.17) is 0 Å². The fraction of sp³-hybridized carbons (Fsp3) is 0.800. The van der Waals surface area contributed by atoms with Crippen molar-refractivity contribution in [1.29, 1.82) is 0 Å². The summed E-state index contributed by atoms with van der Waals surface area (Å²) < 4.78 is 1.91. The molecule has 1 saturated carbocycles. The van der Waals surface area contributed by atoms with E-state index in [0.717, 1.165) is 30.2 Å². The van der Waals surface area contributed by atoms with Gasteiger partial charge in [-0.25, -0.2) is 0 Å². The standard InChI is InChI=1S/C15H28N6.HI/c1-12-5-4-6-13(9-12)7-8-17-15(16-2)18-10-14-20-19-11-21(14)3;/h11-13H,4-10H2,1-3H3,(H2,16,17,18);1H. The molecule has 22 heavy (non-hydrogen) atoms. The van der Waals surface area contributed by atoms with Crippen molar-refractivity contribution in [3.8, 4) is 0 Å². The van der Waals surface area contributed by atoms with Crippen LogP contribution in [0, 0.1) is 11.8 Å². The van der Waals surface area contributed by atoms with E-state index in [0.29, 0.717) is 6.54 Å². The van der Waals surface area contributed by atoms with Gasteiger partial charge in [-0.1, -0.05) is 26.2 Å². The number of aryl methyl sites for hydroxylation is 1. The molecule has 0 radical (unpaired) electrons. The zero-order valence-electron chi connectivity index (χ0n) is 13.9. The van der Waals surface area contributed by atoms with E-state index in [-0.39, 0.29) is 24.0 Å². The molecule has 1 fully saturated rings. The third-order valence-corrected chi connectivity index (χ3v) is 4.33. The second-order valence-corrected chi connectivity index (χ2v) is 6.14. The zero-order chi connectivity index (χ0) is 15.1. The van der Waals surface area contributed by atoms with Gasteiger partial charge in [-0.2, -0.15) is 0 Å². The maximum Gasteiger partial charge on any atom is 0.191 e. The Morgan fingerprint density at radius 1 is 1.41 bits per heavy atom. The van der Waals surface area contributed by atoms with Crippen molar-refractivity contribution in [2.75, 3.05) is 13.6 Å². The largest absolute Gasteiger partial charge is 0.356 e. The first-order valence-corrected chi connectivity index (χ1v) is 7.96. The molecule has 1 heterocycles. The second-order valence-electron chi connectivity index (χ2n) is 6.14. The Balaban J connectivity index is 0.00000242. The van der Waals surface area contributed by atoms with Gasteiger partial charge in [-0.3, -0.25) is 4.99 Å². The highest BCUT2D eigenvalue weighted by Gasteiger charge is 2.18. The molecule has 126 valence electrons. The molecular formula is C15H29IN6. The Kier molecular flexibility index (Phi) is 8.74. The summed E-state index contributed by atoms with van der Waals surface area (Å²) in [4.78, 5) is 4.25. The molecule has 0 amide bonds. The minimum Gasteiger partial charge on any atom is -0.356 e. The van der Waals surface area contributed by atoms with Gasteiger partial charge < -0.3 is 15.2 Å². The predicted molar refractivity (Wildman–Crippen MR) is 100 cm³/mol. The van der Waals surface area contributed by atoms with E-state index >= 15 is 0 Å². The molecule has 0 aliphatic heterocycles.